The quantitative estimate of drug-likeness (QED) is 0.882. The molecule has 0 aliphatic heterocycles. The first-order valence-corrected chi connectivity index (χ1v) is 6.30. The van der Waals surface area contributed by atoms with Crippen LogP contribution in [-0.2, 0) is 6.42 Å². The van der Waals surface area contributed by atoms with Crippen LogP contribution in [0.1, 0.15) is 17.2 Å². The predicted octanol–water partition coefficient (Wildman–Crippen LogP) is 4.55. The van der Waals surface area contributed by atoms with E-state index in [-0.39, 0.29) is 27.6 Å². The summed E-state index contributed by atoms with van der Waals surface area (Å²) in [6.07, 6.45) is -1.13. The summed E-state index contributed by atoms with van der Waals surface area (Å²) in [5.74, 6) is -1.06. The lowest BCUT2D eigenvalue weighted by Crippen LogP contribution is -2.04. The highest BCUT2D eigenvalue weighted by Gasteiger charge is 2.15. The van der Waals surface area contributed by atoms with E-state index >= 15 is 0 Å². The molecule has 2 aromatic rings. The molecule has 2 aromatic carbocycles. The minimum Gasteiger partial charge on any atom is -0.388 e. The molecule has 1 unspecified atom stereocenters. The van der Waals surface area contributed by atoms with Crippen LogP contribution in [0.2, 0.25) is 10.0 Å². The van der Waals surface area contributed by atoms with Crippen molar-refractivity contribution in [3.8, 4) is 0 Å². The Labute approximate surface area is 119 Å². The molecule has 1 nitrogen and oxygen atoms in total. The molecule has 19 heavy (non-hydrogen) atoms. The van der Waals surface area contributed by atoms with Crippen LogP contribution in [0.15, 0.2) is 36.4 Å². The maximum atomic E-state index is 13.6. The Kier molecular flexibility index (Phi) is 4.40. The molecule has 5 heteroatoms. The Hall–Kier alpha value is -1.16. The number of aliphatic hydroxyl groups is 1. The maximum Gasteiger partial charge on any atom is 0.127 e. The highest BCUT2D eigenvalue weighted by Crippen LogP contribution is 2.27. The largest absolute Gasteiger partial charge is 0.388 e. The Morgan fingerprint density at radius 3 is 2.47 bits per heavy atom. The van der Waals surface area contributed by atoms with Gasteiger partial charge in [0.1, 0.15) is 11.6 Å². The van der Waals surface area contributed by atoms with Crippen molar-refractivity contribution >= 4 is 23.2 Å². The van der Waals surface area contributed by atoms with Gasteiger partial charge in [-0.1, -0.05) is 29.3 Å². The third-order valence-corrected chi connectivity index (χ3v) is 3.30. The molecule has 1 N–H and O–H groups in total. The van der Waals surface area contributed by atoms with Crippen molar-refractivity contribution in [3.63, 3.8) is 0 Å². The molecule has 0 aromatic heterocycles. The number of hydrogen-bond acceptors (Lipinski definition) is 1. The molecular weight excluding hydrogens is 293 g/mol. The summed E-state index contributed by atoms with van der Waals surface area (Å²) in [4.78, 5) is 0. The molecule has 0 saturated heterocycles. The normalized spacial score (nSPS) is 12.5. The summed E-state index contributed by atoms with van der Waals surface area (Å²) in [6, 6.07) is 7.99. The summed E-state index contributed by atoms with van der Waals surface area (Å²) in [7, 11) is 0. The van der Waals surface area contributed by atoms with Crippen LogP contribution in [-0.4, -0.2) is 5.11 Å². The van der Waals surface area contributed by atoms with Crippen LogP contribution in [0.5, 0.6) is 0 Å². The molecule has 0 bridgehead atoms. The van der Waals surface area contributed by atoms with Gasteiger partial charge in [0.15, 0.2) is 0 Å². The van der Waals surface area contributed by atoms with Gasteiger partial charge >= 0.3 is 0 Å². The monoisotopic (exact) mass is 302 g/mol. The fraction of sp³-hybridized carbons (Fsp3) is 0.143. The lowest BCUT2D eigenvalue weighted by atomic mass is 10.0. The van der Waals surface area contributed by atoms with Crippen molar-refractivity contribution in [1.29, 1.82) is 0 Å². The fourth-order valence-corrected chi connectivity index (χ4v) is 2.28. The van der Waals surface area contributed by atoms with Crippen molar-refractivity contribution in [2.75, 3.05) is 0 Å². The van der Waals surface area contributed by atoms with E-state index in [1.54, 1.807) is 0 Å². The van der Waals surface area contributed by atoms with Gasteiger partial charge in [0.25, 0.3) is 0 Å². The Morgan fingerprint density at radius 1 is 1.11 bits per heavy atom. The molecule has 0 aliphatic carbocycles. The van der Waals surface area contributed by atoms with E-state index in [4.69, 9.17) is 23.2 Å². The van der Waals surface area contributed by atoms with Crippen molar-refractivity contribution in [2.24, 2.45) is 0 Å². The zero-order chi connectivity index (χ0) is 14.0. The van der Waals surface area contributed by atoms with Crippen LogP contribution in [0.3, 0.4) is 0 Å². The second-order valence-electron chi connectivity index (χ2n) is 4.12. The van der Waals surface area contributed by atoms with Gasteiger partial charge < -0.3 is 5.11 Å². The highest BCUT2D eigenvalue weighted by atomic mass is 35.5. The van der Waals surface area contributed by atoms with Crippen molar-refractivity contribution < 1.29 is 13.9 Å². The lowest BCUT2D eigenvalue weighted by molar-refractivity contribution is 0.176. The van der Waals surface area contributed by atoms with E-state index in [2.05, 4.69) is 0 Å². The number of rotatable bonds is 3. The molecule has 0 fully saturated rings. The molecule has 0 radical (unpaired) electrons. The van der Waals surface area contributed by atoms with Gasteiger partial charge in [-0.15, -0.1) is 0 Å². The molecule has 0 saturated carbocycles. The number of halogens is 4. The summed E-state index contributed by atoms with van der Waals surface area (Å²) < 4.78 is 26.8. The summed E-state index contributed by atoms with van der Waals surface area (Å²) in [5, 5.41) is 10.4. The minimum atomic E-state index is -1.08. The topological polar surface area (TPSA) is 20.2 Å². The van der Waals surface area contributed by atoms with Gasteiger partial charge in [-0.25, -0.2) is 8.78 Å². The third kappa shape index (κ3) is 3.44. The van der Waals surface area contributed by atoms with Gasteiger partial charge in [0.2, 0.25) is 0 Å². The maximum absolute atomic E-state index is 13.6. The standard InChI is InChI=1S/C14H10Cl2F2O/c15-9-4-8(5-10(17)6-9)14(19)7-11-12(16)2-1-3-13(11)18/h1-6,14,19H,7H2. The third-order valence-electron chi connectivity index (χ3n) is 2.73. The van der Waals surface area contributed by atoms with Crippen LogP contribution in [0.25, 0.3) is 0 Å². The van der Waals surface area contributed by atoms with Gasteiger partial charge in [-0.2, -0.15) is 0 Å². The van der Waals surface area contributed by atoms with Crippen molar-refractivity contribution in [1.82, 2.24) is 0 Å². The SMILES string of the molecule is OC(Cc1c(F)cccc1Cl)c1cc(F)cc(Cl)c1. The number of benzene rings is 2. The minimum absolute atomic E-state index is 0.0503. The van der Waals surface area contributed by atoms with E-state index in [1.165, 1.54) is 24.3 Å². The van der Waals surface area contributed by atoms with E-state index in [0.717, 1.165) is 12.1 Å². The Bertz CT molecular complexity index is 561. The second-order valence-corrected chi connectivity index (χ2v) is 4.97. The van der Waals surface area contributed by atoms with Crippen LogP contribution >= 0.6 is 23.2 Å². The molecule has 100 valence electrons. The van der Waals surface area contributed by atoms with Crippen molar-refractivity contribution in [2.45, 2.75) is 12.5 Å². The lowest BCUT2D eigenvalue weighted by Gasteiger charge is -2.13. The summed E-state index contributed by atoms with van der Waals surface area (Å²) >= 11 is 11.6. The fourth-order valence-electron chi connectivity index (χ4n) is 1.81. The first-order chi connectivity index (χ1) is 8.97. The first kappa shape index (κ1) is 14.3. The molecular formula is C14H10Cl2F2O. The summed E-state index contributed by atoms with van der Waals surface area (Å²) in [6.45, 7) is 0. The molecule has 2 rings (SSSR count). The second kappa shape index (κ2) is 5.87. The zero-order valence-corrected chi connectivity index (χ0v) is 11.2. The molecule has 0 amide bonds. The van der Waals surface area contributed by atoms with Crippen LogP contribution in [0, 0.1) is 11.6 Å². The molecule has 0 spiro atoms. The van der Waals surface area contributed by atoms with Crippen LogP contribution in [0.4, 0.5) is 8.78 Å². The average molecular weight is 303 g/mol. The zero-order valence-electron chi connectivity index (χ0n) is 9.71. The van der Waals surface area contributed by atoms with Gasteiger partial charge in [0, 0.05) is 22.0 Å². The molecule has 0 heterocycles. The first-order valence-electron chi connectivity index (χ1n) is 5.54. The number of hydrogen-bond donors (Lipinski definition) is 1. The van der Waals surface area contributed by atoms with E-state index in [9.17, 15) is 13.9 Å². The van der Waals surface area contributed by atoms with Gasteiger partial charge in [0.05, 0.1) is 6.10 Å². The van der Waals surface area contributed by atoms with E-state index < -0.39 is 17.7 Å². The molecule has 1 atom stereocenters. The highest BCUT2D eigenvalue weighted by molar-refractivity contribution is 6.31. The van der Waals surface area contributed by atoms with Crippen LogP contribution < -0.4 is 0 Å². The van der Waals surface area contributed by atoms with Gasteiger partial charge in [-0.3, -0.25) is 0 Å². The number of aliphatic hydroxyl groups excluding tert-OH is 1. The van der Waals surface area contributed by atoms with Gasteiger partial charge in [-0.05, 0) is 35.9 Å². The Morgan fingerprint density at radius 2 is 1.84 bits per heavy atom. The van der Waals surface area contributed by atoms with E-state index in [1.807, 2.05) is 0 Å². The van der Waals surface area contributed by atoms with E-state index in [0.29, 0.717) is 0 Å². The Balaban J connectivity index is 2.28. The average Bonchev–Trinajstić information content (AvgIpc) is 2.32. The predicted molar refractivity (Wildman–Crippen MR) is 71.5 cm³/mol. The smallest absolute Gasteiger partial charge is 0.127 e. The summed E-state index contributed by atoms with van der Waals surface area (Å²) in [5.41, 5.74) is 0.473. The molecule has 0 aliphatic rings. The van der Waals surface area contributed by atoms with Crippen molar-refractivity contribution in [3.05, 3.63) is 69.2 Å².